The first-order chi connectivity index (χ1) is 18.8. The summed E-state index contributed by atoms with van der Waals surface area (Å²) in [4.78, 5) is 5.11. The van der Waals surface area contributed by atoms with Crippen LogP contribution in [-0.4, -0.2) is 26.3 Å². The number of rotatable bonds is 3. The van der Waals surface area contributed by atoms with Crippen molar-refractivity contribution in [1.82, 2.24) is 4.98 Å². The maximum atomic E-state index is 5.11. The summed E-state index contributed by atoms with van der Waals surface area (Å²) >= 11 is -2.67. The molecule has 2 heterocycles. The SMILES string of the molecule is Cc1cc([Si](C)(C)C)ccc1-c1ccc2[c](c1)[Ge]([CH3])([CH3])[c]1c-2ccnc1-c1cc(C(C)(C)C)c2ccccc2c1. The molecule has 0 N–H and O–H groups in total. The second kappa shape index (κ2) is 9.29. The molecule has 0 radical (unpaired) electrons. The Labute approximate surface area is 244 Å². The molecule has 0 aliphatic carbocycles. The Bertz CT molecular complexity index is 1800. The standard InChI is InChI=1S/C37H41GeNSi/c1-24-20-28(40(7,8)9)15-17-29(24)26-14-16-31-32-18-19-39-36(35(32)38(5,6)34(31)23-26)27-21-25-12-10-11-13-30(25)33(22-27)37(2,3)4/h10-23H,1-9H3. The summed E-state index contributed by atoms with van der Waals surface area (Å²) in [5, 5.41) is 4.17. The van der Waals surface area contributed by atoms with Crippen LogP contribution in [0.3, 0.4) is 0 Å². The van der Waals surface area contributed by atoms with Crippen molar-refractivity contribution < 1.29 is 0 Å². The van der Waals surface area contributed by atoms with E-state index in [9.17, 15) is 0 Å². The first kappa shape index (κ1) is 27.2. The third kappa shape index (κ3) is 4.40. The molecule has 0 bridgehead atoms. The third-order valence-electron chi connectivity index (χ3n) is 8.91. The fourth-order valence-corrected chi connectivity index (χ4v) is 15.0. The van der Waals surface area contributed by atoms with Crippen LogP contribution in [0.5, 0.6) is 0 Å². The van der Waals surface area contributed by atoms with Gasteiger partial charge in [-0.15, -0.1) is 0 Å². The number of hydrogen-bond acceptors (Lipinski definition) is 1. The van der Waals surface area contributed by atoms with Gasteiger partial charge < -0.3 is 0 Å². The van der Waals surface area contributed by atoms with E-state index < -0.39 is 21.3 Å². The van der Waals surface area contributed by atoms with E-state index in [1.165, 1.54) is 65.0 Å². The predicted octanol–water partition coefficient (Wildman–Crippen LogP) is 8.52. The van der Waals surface area contributed by atoms with Crippen LogP contribution in [0, 0.1) is 6.92 Å². The number of nitrogens with zero attached hydrogens (tertiary/aromatic N) is 1. The Kier molecular flexibility index (Phi) is 6.32. The van der Waals surface area contributed by atoms with E-state index in [0.717, 1.165) is 0 Å². The third-order valence-corrected chi connectivity index (χ3v) is 18.3. The molecule has 5 aromatic rings. The van der Waals surface area contributed by atoms with Gasteiger partial charge in [0, 0.05) is 0 Å². The molecule has 1 aliphatic heterocycles. The summed E-state index contributed by atoms with van der Waals surface area (Å²) in [7, 11) is -1.34. The molecule has 0 fully saturated rings. The number of fused-ring (bicyclic) bond motifs is 4. The molecule has 0 saturated carbocycles. The molecule has 1 nitrogen and oxygen atoms in total. The molecule has 0 unspecified atom stereocenters. The zero-order valence-corrected chi connectivity index (χ0v) is 28.6. The quantitative estimate of drug-likeness (QED) is 0.189. The minimum absolute atomic E-state index is 0.0469. The van der Waals surface area contributed by atoms with Crippen LogP contribution in [0.4, 0.5) is 0 Å². The van der Waals surface area contributed by atoms with Crippen LogP contribution in [0.25, 0.3) is 44.3 Å². The van der Waals surface area contributed by atoms with Crippen molar-refractivity contribution in [3.05, 3.63) is 96.2 Å². The van der Waals surface area contributed by atoms with Crippen LogP contribution >= 0.6 is 0 Å². The fraction of sp³-hybridized carbons (Fsp3) is 0.270. The first-order valence-electron chi connectivity index (χ1n) is 14.6. The molecule has 0 saturated heterocycles. The Morgan fingerprint density at radius 2 is 1.45 bits per heavy atom. The van der Waals surface area contributed by atoms with E-state index in [1.54, 1.807) is 4.40 Å². The molecule has 1 aliphatic rings. The van der Waals surface area contributed by atoms with Gasteiger partial charge in [0.25, 0.3) is 0 Å². The Hall–Kier alpha value is -2.95. The summed E-state index contributed by atoms with van der Waals surface area (Å²) in [5.41, 5.74) is 10.8. The van der Waals surface area contributed by atoms with E-state index in [4.69, 9.17) is 4.98 Å². The van der Waals surface area contributed by atoms with E-state index >= 15 is 0 Å². The summed E-state index contributed by atoms with van der Waals surface area (Å²) in [5.74, 6) is 5.12. The van der Waals surface area contributed by atoms with Crippen LogP contribution in [0.15, 0.2) is 85.1 Å². The van der Waals surface area contributed by atoms with Gasteiger partial charge in [-0.3, -0.25) is 0 Å². The Morgan fingerprint density at radius 1 is 0.725 bits per heavy atom. The van der Waals surface area contributed by atoms with Gasteiger partial charge >= 0.3 is 245 Å². The van der Waals surface area contributed by atoms with Gasteiger partial charge in [0.05, 0.1) is 0 Å². The molecule has 6 rings (SSSR count). The van der Waals surface area contributed by atoms with Crippen molar-refractivity contribution in [1.29, 1.82) is 0 Å². The van der Waals surface area contributed by atoms with Crippen molar-refractivity contribution in [2.45, 2.75) is 64.3 Å². The number of aryl methyl sites for hydroxylation is 1. The van der Waals surface area contributed by atoms with Crippen LogP contribution < -0.4 is 14.0 Å². The van der Waals surface area contributed by atoms with Crippen molar-refractivity contribution in [2.75, 3.05) is 0 Å². The molecule has 4 aromatic carbocycles. The summed E-state index contributed by atoms with van der Waals surface area (Å²) in [6.45, 7) is 16.5. The number of pyridine rings is 1. The topological polar surface area (TPSA) is 12.9 Å². The summed E-state index contributed by atoms with van der Waals surface area (Å²) < 4.78 is 3.10. The second-order valence-corrected chi connectivity index (χ2v) is 28.3. The van der Waals surface area contributed by atoms with Crippen LogP contribution in [-0.2, 0) is 5.41 Å². The van der Waals surface area contributed by atoms with Gasteiger partial charge in [-0.25, -0.2) is 0 Å². The van der Waals surface area contributed by atoms with Crippen molar-refractivity contribution in [3.8, 4) is 33.5 Å². The number of aromatic nitrogens is 1. The van der Waals surface area contributed by atoms with Gasteiger partial charge in [-0.1, -0.05) is 0 Å². The van der Waals surface area contributed by atoms with Crippen LogP contribution in [0.1, 0.15) is 31.9 Å². The summed E-state index contributed by atoms with van der Waals surface area (Å²) in [6.07, 6.45) is 2.03. The van der Waals surface area contributed by atoms with Gasteiger partial charge in [-0.2, -0.15) is 0 Å². The van der Waals surface area contributed by atoms with E-state index in [0.29, 0.717) is 0 Å². The minimum atomic E-state index is -2.67. The number of benzene rings is 4. The first-order valence-corrected chi connectivity index (χ1v) is 24.4. The summed E-state index contributed by atoms with van der Waals surface area (Å²) in [6, 6.07) is 30.3. The second-order valence-electron chi connectivity index (χ2n) is 14.2. The zero-order valence-electron chi connectivity index (χ0n) is 25.5. The van der Waals surface area contributed by atoms with Crippen molar-refractivity contribution >= 4 is 46.1 Å². The van der Waals surface area contributed by atoms with E-state index in [2.05, 4.69) is 138 Å². The average molecular weight is 600 g/mol. The molecular formula is C37H41GeNSi. The van der Waals surface area contributed by atoms with Gasteiger partial charge in [0.1, 0.15) is 0 Å². The molecule has 202 valence electrons. The molecule has 3 heteroatoms. The molecule has 40 heavy (non-hydrogen) atoms. The molecular weight excluding hydrogens is 559 g/mol. The van der Waals surface area contributed by atoms with Crippen molar-refractivity contribution in [2.24, 2.45) is 0 Å². The van der Waals surface area contributed by atoms with Crippen LogP contribution in [0.2, 0.25) is 31.2 Å². The maximum absolute atomic E-state index is 5.11. The molecule has 0 amide bonds. The average Bonchev–Trinajstić information content (AvgIpc) is 3.13. The molecule has 1 aromatic heterocycles. The van der Waals surface area contributed by atoms with E-state index in [-0.39, 0.29) is 5.41 Å². The normalized spacial score (nSPS) is 14.3. The van der Waals surface area contributed by atoms with Crippen molar-refractivity contribution in [3.63, 3.8) is 0 Å². The molecule has 0 atom stereocenters. The number of hydrogen-bond donors (Lipinski definition) is 0. The van der Waals surface area contributed by atoms with E-state index in [1.807, 2.05) is 6.20 Å². The monoisotopic (exact) mass is 601 g/mol. The van der Waals surface area contributed by atoms with Gasteiger partial charge in [0.2, 0.25) is 0 Å². The zero-order chi connectivity index (χ0) is 28.6. The Balaban J connectivity index is 1.51. The Morgan fingerprint density at radius 3 is 2.15 bits per heavy atom. The fourth-order valence-electron chi connectivity index (χ4n) is 6.66. The van der Waals surface area contributed by atoms with Gasteiger partial charge in [-0.05, 0) is 0 Å². The molecule has 0 spiro atoms. The predicted molar refractivity (Wildman–Crippen MR) is 181 cm³/mol. The van der Waals surface area contributed by atoms with Gasteiger partial charge in [0.15, 0.2) is 0 Å².